The molecule has 13 nitrogen and oxygen atoms in total. The Balaban J connectivity index is 1.14. The first kappa shape index (κ1) is 27.5. The van der Waals surface area contributed by atoms with Gasteiger partial charge < -0.3 is 29.9 Å². The molecule has 1 atom stereocenters. The average molecular weight is 597 g/mol. The molecule has 4 aromatic heterocycles. The molecule has 1 unspecified atom stereocenters. The molecule has 0 spiro atoms. The third-order valence-electron chi connectivity index (χ3n) is 7.63. The van der Waals surface area contributed by atoms with Crippen LogP contribution in [0.5, 0.6) is 17.2 Å². The van der Waals surface area contributed by atoms with E-state index in [2.05, 4.69) is 35.6 Å². The Bertz CT molecular complexity index is 1910. The maximum Gasteiger partial charge on any atom is 0.246 e. The Kier molecular flexibility index (Phi) is 7.10. The average Bonchev–Trinajstić information content (AvgIpc) is 3.45. The van der Waals surface area contributed by atoms with E-state index in [0.29, 0.717) is 83.9 Å². The van der Waals surface area contributed by atoms with Crippen molar-refractivity contribution in [2.75, 3.05) is 50.1 Å². The Hall–Kier alpha value is -5.37. The zero-order valence-electron chi connectivity index (χ0n) is 24.1. The number of hydrogen-bond donors (Lipinski definition) is 2. The molecule has 1 fully saturated rings. The molecule has 1 amide bonds. The lowest BCUT2D eigenvalue weighted by Crippen LogP contribution is -2.56. The minimum atomic E-state index is -0.522. The first-order valence-corrected chi connectivity index (χ1v) is 14.2. The molecule has 2 bridgehead atoms. The van der Waals surface area contributed by atoms with Gasteiger partial charge in [0.1, 0.15) is 42.1 Å². The normalized spacial score (nSPS) is 16.2. The summed E-state index contributed by atoms with van der Waals surface area (Å²) in [4.78, 5) is 34.6. The Morgan fingerprint density at radius 2 is 2.09 bits per heavy atom. The van der Waals surface area contributed by atoms with Gasteiger partial charge in [0.05, 0.1) is 17.2 Å². The molecule has 1 saturated heterocycles. The van der Waals surface area contributed by atoms with Gasteiger partial charge in [-0.05, 0) is 31.7 Å². The summed E-state index contributed by atoms with van der Waals surface area (Å²) in [6, 6.07) is 8.13. The number of amides is 1. The molecule has 44 heavy (non-hydrogen) atoms. The van der Waals surface area contributed by atoms with Gasteiger partial charge >= 0.3 is 0 Å². The second kappa shape index (κ2) is 11.4. The fourth-order valence-electron chi connectivity index (χ4n) is 5.41. The van der Waals surface area contributed by atoms with Crippen molar-refractivity contribution in [3.63, 3.8) is 0 Å². The number of nitrogens with zero attached hydrogens (tertiary/aromatic N) is 8. The molecule has 0 aliphatic carbocycles. The first-order valence-electron chi connectivity index (χ1n) is 14.2. The van der Waals surface area contributed by atoms with Crippen molar-refractivity contribution in [2.24, 2.45) is 0 Å². The fourth-order valence-corrected chi connectivity index (χ4v) is 5.41. The number of benzene rings is 1. The summed E-state index contributed by atoms with van der Waals surface area (Å²) in [6.45, 7) is 4.50. The lowest BCUT2D eigenvalue weighted by atomic mass is 10.1. The molecule has 5 aromatic rings. The van der Waals surface area contributed by atoms with Gasteiger partial charge in [0.2, 0.25) is 5.91 Å². The number of halogens is 1. The number of piperazine rings is 1. The number of likely N-dealkylation sites (N-methyl/N-ethyl adjacent to an activating group) is 1. The Labute approximate surface area is 251 Å². The van der Waals surface area contributed by atoms with Crippen LogP contribution < -0.4 is 25.0 Å². The molecule has 7 rings (SSSR count). The number of ether oxygens (including phenoxy) is 2. The van der Waals surface area contributed by atoms with E-state index in [4.69, 9.17) is 14.5 Å². The number of anilines is 3. The number of pyridine rings is 2. The van der Waals surface area contributed by atoms with Gasteiger partial charge in [-0.1, -0.05) is 6.08 Å². The lowest BCUT2D eigenvalue weighted by molar-refractivity contribution is -0.129. The molecule has 1 aromatic carbocycles. The third-order valence-corrected chi connectivity index (χ3v) is 7.63. The molecule has 6 heterocycles. The number of hydrogen-bond acceptors (Lipinski definition) is 11. The van der Waals surface area contributed by atoms with Crippen LogP contribution in [-0.4, -0.2) is 86.2 Å². The number of nitrogens with one attached hydrogen (secondary N) is 2. The van der Waals surface area contributed by atoms with Crippen molar-refractivity contribution in [3.05, 3.63) is 72.7 Å². The second-order valence-corrected chi connectivity index (χ2v) is 10.6. The van der Waals surface area contributed by atoms with Gasteiger partial charge in [0.15, 0.2) is 23.0 Å². The highest BCUT2D eigenvalue weighted by Crippen LogP contribution is 2.37. The minimum Gasteiger partial charge on any atom is -0.487 e. The largest absolute Gasteiger partial charge is 0.487 e. The topological polar surface area (TPSA) is 135 Å². The van der Waals surface area contributed by atoms with Crippen molar-refractivity contribution in [1.82, 2.24) is 39.8 Å². The molecule has 14 heteroatoms. The SMILES string of the molecule is CNC/C=C/C(=O)N1CCN2CC1COc1cc3ncnc(Nc4cc(C)c(Oc5ccn6ncnc6c5)cc4F)c3nc12. The predicted molar refractivity (Wildman–Crippen MR) is 161 cm³/mol. The molecule has 0 saturated carbocycles. The van der Waals surface area contributed by atoms with E-state index in [-0.39, 0.29) is 17.6 Å². The van der Waals surface area contributed by atoms with Crippen molar-refractivity contribution < 1.29 is 18.7 Å². The first-order chi connectivity index (χ1) is 21.5. The number of rotatable bonds is 7. The quantitative estimate of drug-likeness (QED) is 0.268. The van der Waals surface area contributed by atoms with Crippen molar-refractivity contribution in [1.29, 1.82) is 0 Å². The summed E-state index contributed by atoms with van der Waals surface area (Å²) >= 11 is 0. The molecule has 2 aliphatic rings. The van der Waals surface area contributed by atoms with Gasteiger partial charge in [-0.25, -0.2) is 28.8 Å². The van der Waals surface area contributed by atoms with Crippen molar-refractivity contribution in [3.8, 4) is 17.2 Å². The van der Waals surface area contributed by atoms with Crippen LogP contribution in [0.1, 0.15) is 5.56 Å². The molecule has 0 radical (unpaired) electrons. The highest BCUT2D eigenvalue weighted by atomic mass is 19.1. The zero-order valence-corrected chi connectivity index (χ0v) is 24.1. The van der Waals surface area contributed by atoms with E-state index in [1.807, 2.05) is 31.0 Å². The van der Waals surface area contributed by atoms with E-state index in [1.165, 1.54) is 18.7 Å². The van der Waals surface area contributed by atoms with Crippen molar-refractivity contribution >= 4 is 39.9 Å². The standard InChI is InChI=1S/C30H29FN10O3/c1-18-10-22(21(31)12-24(18)44-20-5-7-41-26(11-20)34-17-36-41)37-29-28-23(33-16-35-29)13-25-30(38-28)39-8-9-40(19(14-39)15-43-25)27(42)4-3-6-32-2/h3-5,7,10-13,16-17,19,32H,6,8-9,14-15H2,1-2H3,(H,33,35,37)/b4-3+. The van der Waals surface area contributed by atoms with Gasteiger partial charge in [-0.15, -0.1) is 0 Å². The highest BCUT2D eigenvalue weighted by molar-refractivity contribution is 5.91. The van der Waals surface area contributed by atoms with Crippen LogP contribution >= 0.6 is 0 Å². The maximum atomic E-state index is 15.4. The molecular weight excluding hydrogens is 567 g/mol. The van der Waals surface area contributed by atoms with Crippen LogP contribution in [0.4, 0.5) is 21.7 Å². The molecule has 224 valence electrons. The zero-order chi connectivity index (χ0) is 30.2. The summed E-state index contributed by atoms with van der Waals surface area (Å²) < 4.78 is 29.1. The van der Waals surface area contributed by atoms with Gasteiger partial charge in [-0.2, -0.15) is 5.10 Å². The van der Waals surface area contributed by atoms with Crippen LogP contribution in [0, 0.1) is 12.7 Å². The van der Waals surface area contributed by atoms with Crippen LogP contribution in [0.25, 0.3) is 16.7 Å². The van der Waals surface area contributed by atoms with E-state index in [0.717, 1.165) is 0 Å². The van der Waals surface area contributed by atoms with E-state index >= 15 is 4.39 Å². The highest BCUT2D eigenvalue weighted by Gasteiger charge is 2.35. The van der Waals surface area contributed by atoms with Gasteiger partial charge in [-0.3, -0.25) is 4.79 Å². The Morgan fingerprint density at radius 1 is 1.18 bits per heavy atom. The number of aromatic nitrogens is 6. The van der Waals surface area contributed by atoms with Crippen LogP contribution in [0.15, 0.2) is 61.3 Å². The maximum absolute atomic E-state index is 15.4. The number of fused-ring (bicyclic) bond motifs is 6. The number of carbonyl (C=O) groups is 1. The predicted octanol–water partition coefficient (Wildman–Crippen LogP) is 3.24. The smallest absolute Gasteiger partial charge is 0.246 e. The molecule has 2 N–H and O–H groups in total. The molecule has 2 aliphatic heterocycles. The van der Waals surface area contributed by atoms with Crippen LogP contribution in [0.2, 0.25) is 0 Å². The summed E-state index contributed by atoms with van der Waals surface area (Å²) in [6.07, 6.45) is 7.98. The van der Waals surface area contributed by atoms with Crippen LogP contribution in [0.3, 0.4) is 0 Å². The number of carbonyl (C=O) groups excluding carboxylic acids is 1. The lowest BCUT2D eigenvalue weighted by Gasteiger charge is -2.39. The summed E-state index contributed by atoms with van der Waals surface area (Å²) in [5.41, 5.74) is 2.56. The minimum absolute atomic E-state index is 0.0416. The van der Waals surface area contributed by atoms with E-state index < -0.39 is 5.82 Å². The van der Waals surface area contributed by atoms with E-state index in [1.54, 1.807) is 35.0 Å². The summed E-state index contributed by atoms with van der Waals surface area (Å²) in [5, 5.41) is 10.2. The second-order valence-electron chi connectivity index (χ2n) is 10.6. The van der Waals surface area contributed by atoms with E-state index in [9.17, 15) is 4.79 Å². The van der Waals surface area contributed by atoms with Gasteiger partial charge in [0, 0.05) is 56.7 Å². The Morgan fingerprint density at radius 3 is 2.98 bits per heavy atom. The van der Waals surface area contributed by atoms with Crippen LogP contribution in [-0.2, 0) is 4.79 Å². The summed E-state index contributed by atoms with van der Waals surface area (Å²) in [7, 11) is 1.83. The monoisotopic (exact) mass is 596 g/mol. The number of aryl methyl sites for hydroxylation is 1. The van der Waals surface area contributed by atoms with Gasteiger partial charge in [0.25, 0.3) is 0 Å². The summed E-state index contributed by atoms with van der Waals surface area (Å²) in [5.74, 6) is 1.89. The fraction of sp³-hybridized carbons (Fsp3) is 0.267. The third kappa shape index (κ3) is 5.19. The van der Waals surface area contributed by atoms with Crippen molar-refractivity contribution in [2.45, 2.75) is 13.0 Å². The molecular formula is C30H29FN10O3.